The number of hydrogen-bond donors (Lipinski definition) is 0. The van der Waals surface area contributed by atoms with E-state index in [0.717, 1.165) is 39.0 Å². The van der Waals surface area contributed by atoms with E-state index in [-0.39, 0.29) is 5.91 Å². The molecule has 0 spiro atoms. The van der Waals surface area contributed by atoms with Gasteiger partial charge in [0, 0.05) is 16.5 Å². The van der Waals surface area contributed by atoms with Crippen molar-refractivity contribution in [1.82, 2.24) is 4.98 Å². The lowest BCUT2D eigenvalue weighted by atomic mass is 10.1. The van der Waals surface area contributed by atoms with Gasteiger partial charge in [0.2, 0.25) is 0 Å². The summed E-state index contributed by atoms with van der Waals surface area (Å²) in [5.41, 5.74) is 3.62. The lowest BCUT2D eigenvalue weighted by Gasteiger charge is -2.33. The predicted octanol–water partition coefficient (Wildman–Crippen LogP) is 5.68. The molecule has 5 rings (SSSR count). The molecule has 0 fully saturated rings. The molecule has 4 aromatic rings. The molecule has 1 aromatic heterocycles. The lowest BCUT2D eigenvalue weighted by Crippen LogP contribution is -2.46. The molecule has 1 aliphatic heterocycles. The molecule has 0 radical (unpaired) electrons. The summed E-state index contributed by atoms with van der Waals surface area (Å²) in [6.07, 6.45) is -0.553. The van der Waals surface area contributed by atoms with E-state index in [4.69, 9.17) is 19.2 Å². The van der Waals surface area contributed by atoms with Crippen molar-refractivity contribution in [1.29, 1.82) is 0 Å². The molecule has 0 bridgehead atoms. The third-order valence-corrected chi connectivity index (χ3v) is 6.52. The molecule has 1 aliphatic rings. The summed E-state index contributed by atoms with van der Waals surface area (Å²) in [5, 5.41) is 2.99. The van der Waals surface area contributed by atoms with E-state index in [1.807, 2.05) is 78.2 Å². The molecule has 7 heteroatoms. The van der Waals surface area contributed by atoms with Gasteiger partial charge < -0.3 is 19.1 Å². The lowest BCUT2D eigenvalue weighted by molar-refractivity contribution is -0.125. The highest BCUT2D eigenvalue weighted by Gasteiger charge is 2.31. The van der Waals surface area contributed by atoms with Crippen LogP contribution in [0, 0.1) is 0 Å². The Balaban J connectivity index is 1.36. The number of fused-ring (bicyclic) bond motifs is 1. The van der Waals surface area contributed by atoms with Gasteiger partial charge in [-0.15, -0.1) is 11.3 Å². The van der Waals surface area contributed by atoms with Gasteiger partial charge in [-0.1, -0.05) is 30.3 Å². The van der Waals surface area contributed by atoms with Crippen molar-refractivity contribution in [3.8, 4) is 39.1 Å². The van der Waals surface area contributed by atoms with Crippen LogP contribution >= 0.6 is 11.3 Å². The highest BCUT2D eigenvalue weighted by molar-refractivity contribution is 7.13. The molecule has 0 saturated heterocycles. The van der Waals surface area contributed by atoms with E-state index < -0.39 is 6.10 Å². The van der Waals surface area contributed by atoms with E-state index in [1.54, 1.807) is 30.3 Å². The number of anilines is 1. The van der Waals surface area contributed by atoms with Crippen molar-refractivity contribution in [3.63, 3.8) is 0 Å². The quantitative estimate of drug-likeness (QED) is 0.346. The summed E-state index contributed by atoms with van der Waals surface area (Å²) < 4.78 is 16.9. The number of ether oxygens (including phenoxy) is 3. The largest absolute Gasteiger partial charge is 0.497 e. The van der Waals surface area contributed by atoms with Crippen LogP contribution in [0.4, 0.5) is 5.69 Å². The van der Waals surface area contributed by atoms with Crippen LogP contribution in [0.25, 0.3) is 21.8 Å². The maximum Gasteiger partial charge on any atom is 0.267 e. The first-order chi connectivity index (χ1) is 16.6. The summed E-state index contributed by atoms with van der Waals surface area (Å²) in [6, 6.07) is 23.3. The second-order valence-corrected chi connectivity index (χ2v) is 8.72. The van der Waals surface area contributed by atoms with E-state index >= 15 is 0 Å². The van der Waals surface area contributed by atoms with Crippen molar-refractivity contribution < 1.29 is 19.0 Å². The molecular weight excluding hydrogens is 448 g/mol. The van der Waals surface area contributed by atoms with Crippen molar-refractivity contribution in [2.75, 3.05) is 25.2 Å². The van der Waals surface area contributed by atoms with Crippen LogP contribution in [0.1, 0.15) is 6.92 Å². The number of aromatic nitrogens is 1. The summed E-state index contributed by atoms with van der Waals surface area (Å²) >= 11 is 1.60. The average molecular weight is 473 g/mol. The Bertz CT molecular complexity index is 1290. The van der Waals surface area contributed by atoms with E-state index in [2.05, 4.69) is 0 Å². The molecular formula is C27H24N2O4S. The van der Waals surface area contributed by atoms with Crippen molar-refractivity contribution in [2.45, 2.75) is 13.0 Å². The average Bonchev–Trinajstić information content (AvgIpc) is 3.37. The molecule has 0 N–H and O–H groups in total. The zero-order valence-electron chi connectivity index (χ0n) is 18.9. The van der Waals surface area contributed by atoms with Crippen LogP contribution in [0.2, 0.25) is 0 Å². The van der Waals surface area contributed by atoms with Crippen LogP contribution in [0.3, 0.4) is 0 Å². The zero-order valence-corrected chi connectivity index (χ0v) is 19.7. The van der Waals surface area contributed by atoms with Crippen LogP contribution in [-0.4, -0.2) is 37.3 Å². The third kappa shape index (κ3) is 4.47. The van der Waals surface area contributed by atoms with Gasteiger partial charge in [-0.05, 0) is 49.4 Å². The molecule has 3 aromatic carbocycles. The van der Waals surface area contributed by atoms with Crippen LogP contribution in [0.5, 0.6) is 17.2 Å². The smallest absolute Gasteiger partial charge is 0.267 e. The number of carbonyl (C=O) groups is 1. The Morgan fingerprint density at radius 2 is 1.76 bits per heavy atom. The summed E-state index contributed by atoms with van der Waals surface area (Å²) in [6.45, 7) is 2.52. The monoisotopic (exact) mass is 472 g/mol. The number of methoxy groups -OCH3 is 1. The maximum absolute atomic E-state index is 13.0. The SMILES string of the molecule is COc1ccc(OCCN2C(=O)C(C)Oc3ccc(-c4csc(-c5ccccc5)n4)cc32)cc1. The first-order valence-electron chi connectivity index (χ1n) is 11.0. The second-order valence-electron chi connectivity index (χ2n) is 7.86. The van der Waals surface area contributed by atoms with E-state index in [1.165, 1.54) is 0 Å². The number of nitrogens with zero attached hydrogens (tertiary/aromatic N) is 2. The van der Waals surface area contributed by atoms with Crippen LogP contribution in [-0.2, 0) is 4.79 Å². The number of carbonyl (C=O) groups excluding carboxylic acids is 1. The van der Waals surface area contributed by atoms with Crippen molar-refractivity contribution in [3.05, 3.63) is 78.2 Å². The highest BCUT2D eigenvalue weighted by atomic mass is 32.1. The van der Waals surface area contributed by atoms with Gasteiger partial charge in [-0.25, -0.2) is 4.98 Å². The molecule has 0 saturated carbocycles. The van der Waals surface area contributed by atoms with E-state index in [9.17, 15) is 4.79 Å². The third-order valence-electron chi connectivity index (χ3n) is 5.63. The van der Waals surface area contributed by atoms with Gasteiger partial charge in [0.25, 0.3) is 5.91 Å². The van der Waals surface area contributed by atoms with Crippen molar-refractivity contribution >= 4 is 22.9 Å². The molecule has 1 unspecified atom stereocenters. The Morgan fingerprint density at radius 1 is 1.00 bits per heavy atom. The highest BCUT2D eigenvalue weighted by Crippen LogP contribution is 2.38. The summed E-state index contributed by atoms with van der Waals surface area (Å²) in [5.74, 6) is 2.08. The van der Waals surface area contributed by atoms with Crippen LogP contribution < -0.4 is 19.1 Å². The topological polar surface area (TPSA) is 60.9 Å². The molecule has 6 nitrogen and oxygen atoms in total. The molecule has 1 amide bonds. The van der Waals surface area contributed by atoms with E-state index in [0.29, 0.717) is 18.9 Å². The normalized spacial score (nSPS) is 14.9. The Kier molecular flexibility index (Phi) is 6.18. The fraction of sp³-hybridized carbons (Fsp3) is 0.185. The Labute approximate surface area is 202 Å². The maximum atomic E-state index is 13.0. The number of thiazole rings is 1. The minimum absolute atomic E-state index is 0.0915. The number of hydrogen-bond acceptors (Lipinski definition) is 6. The predicted molar refractivity (Wildman–Crippen MR) is 134 cm³/mol. The molecule has 2 heterocycles. The zero-order chi connectivity index (χ0) is 23.5. The van der Waals surface area contributed by atoms with Gasteiger partial charge in [-0.3, -0.25) is 4.79 Å². The fourth-order valence-electron chi connectivity index (χ4n) is 3.84. The van der Waals surface area contributed by atoms with Gasteiger partial charge in [0.1, 0.15) is 28.9 Å². The van der Waals surface area contributed by atoms with Gasteiger partial charge in [0.15, 0.2) is 6.10 Å². The number of amides is 1. The Hall–Kier alpha value is -3.84. The first-order valence-corrected chi connectivity index (χ1v) is 11.9. The van der Waals surface area contributed by atoms with Gasteiger partial charge in [0.05, 0.1) is 25.0 Å². The standard InChI is InChI=1S/C27H24N2O4S/c1-18-27(30)29(14-15-32-22-11-9-21(31-2)10-12-22)24-16-20(8-13-25(24)33-18)23-17-34-26(28-23)19-6-4-3-5-7-19/h3-13,16-18H,14-15H2,1-2H3. The summed E-state index contributed by atoms with van der Waals surface area (Å²) in [4.78, 5) is 19.5. The van der Waals surface area contributed by atoms with Crippen molar-refractivity contribution in [2.24, 2.45) is 0 Å². The molecule has 1 atom stereocenters. The molecule has 0 aliphatic carbocycles. The molecule has 172 valence electrons. The summed E-state index contributed by atoms with van der Waals surface area (Å²) in [7, 11) is 1.63. The fourth-order valence-corrected chi connectivity index (χ4v) is 4.68. The Morgan fingerprint density at radius 3 is 2.53 bits per heavy atom. The van der Waals surface area contributed by atoms with Crippen LogP contribution in [0.15, 0.2) is 78.2 Å². The van der Waals surface area contributed by atoms with Gasteiger partial charge >= 0.3 is 0 Å². The van der Waals surface area contributed by atoms with Gasteiger partial charge in [-0.2, -0.15) is 0 Å². The minimum atomic E-state index is -0.553. The number of rotatable bonds is 7. The number of benzene rings is 3. The first kappa shape index (κ1) is 22.0. The molecule has 34 heavy (non-hydrogen) atoms. The minimum Gasteiger partial charge on any atom is -0.497 e. The second kappa shape index (κ2) is 9.57.